The Labute approximate surface area is 248 Å². The van der Waals surface area contributed by atoms with Crippen LogP contribution in [0.5, 0.6) is 11.5 Å². The molecule has 0 bridgehead atoms. The fourth-order valence-electron chi connectivity index (χ4n) is 9.42. The topological polar surface area (TPSA) is 108 Å². The third kappa shape index (κ3) is 4.31. The highest BCUT2D eigenvalue weighted by molar-refractivity contribution is 6.10. The van der Waals surface area contributed by atoms with Crippen LogP contribution in [0.25, 0.3) is 0 Å². The van der Waals surface area contributed by atoms with Crippen LogP contribution in [0.4, 0.5) is 4.79 Å². The molecule has 4 aliphatic carbocycles. The molecular weight excluding hydrogens is 534 g/mol. The fourth-order valence-corrected chi connectivity index (χ4v) is 9.42. The maximum atomic E-state index is 14.0. The van der Waals surface area contributed by atoms with Crippen molar-refractivity contribution in [2.24, 2.45) is 22.2 Å². The second-order valence-corrected chi connectivity index (χ2v) is 14.5. The van der Waals surface area contributed by atoms with E-state index in [4.69, 9.17) is 14.2 Å². The molecule has 1 N–H and O–H groups in total. The highest BCUT2D eigenvalue weighted by Crippen LogP contribution is 2.74. The van der Waals surface area contributed by atoms with E-state index in [9.17, 15) is 19.2 Å². The lowest BCUT2D eigenvalue weighted by Crippen LogP contribution is -2.64. The summed E-state index contributed by atoms with van der Waals surface area (Å²) in [6, 6.07) is 1.75. The van der Waals surface area contributed by atoms with Crippen molar-refractivity contribution in [2.75, 3.05) is 7.11 Å². The van der Waals surface area contributed by atoms with Crippen LogP contribution in [-0.2, 0) is 19.7 Å². The van der Waals surface area contributed by atoms with Gasteiger partial charge >= 0.3 is 18.0 Å². The minimum Gasteiger partial charge on any atom is -0.453 e. The van der Waals surface area contributed by atoms with Crippen molar-refractivity contribution in [1.82, 2.24) is 5.32 Å². The summed E-state index contributed by atoms with van der Waals surface area (Å²) in [5, 5.41) is 3.14. The Bertz CT molecular complexity index is 1430. The van der Waals surface area contributed by atoms with E-state index in [1.54, 1.807) is 13.0 Å². The maximum Gasteiger partial charge on any atom is 0.407 e. The van der Waals surface area contributed by atoms with Gasteiger partial charge in [-0.2, -0.15) is 0 Å². The number of fused-ring (bicyclic) bond motifs is 7. The number of carbonyl (C=O) groups is 4. The van der Waals surface area contributed by atoms with Gasteiger partial charge in [-0.05, 0) is 104 Å². The van der Waals surface area contributed by atoms with Gasteiger partial charge in [0.2, 0.25) is 0 Å². The molecular formula is C34H45NO7. The lowest BCUT2D eigenvalue weighted by Gasteiger charge is -2.70. The predicted octanol–water partition coefficient (Wildman–Crippen LogP) is 6.75. The third-order valence-corrected chi connectivity index (χ3v) is 12.0. The number of amides is 1. The standard InChI is InChI=1S/C34H45NO7/c1-19-27-22(16-24(41-20(2)36)28(19)42-21(3)37)32(6)13-15-34(8)26-18-31(5,35-29(39)40-9)12-10-30(26,4)11-14-33(34,7)25(32)17-23(27)38/h16-17,26H,10-15,18H2,1-9H3,(H,35,39)/t26-,30-,31-,32+,33-,34+/m1/s1. The molecule has 1 amide bonds. The van der Waals surface area contributed by atoms with E-state index in [1.807, 2.05) is 6.08 Å². The van der Waals surface area contributed by atoms with Gasteiger partial charge in [-0.25, -0.2) is 4.79 Å². The van der Waals surface area contributed by atoms with E-state index in [2.05, 4.69) is 39.9 Å². The van der Waals surface area contributed by atoms with E-state index in [1.165, 1.54) is 21.0 Å². The van der Waals surface area contributed by atoms with Crippen molar-refractivity contribution in [1.29, 1.82) is 0 Å². The molecule has 6 atom stereocenters. The third-order valence-electron chi connectivity index (χ3n) is 12.0. The Morgan fingerprint density at radius 2 is 1.55 bits per heavy atom. The van der Waals surface area contributed by atoms with Crippen molar-refractivity contribution >= 4 is 23.8 Å². The monoisotopic (exact) mass is 579 g/mol. The molecule has 5 rings (SSSR count). The predicted molar refractivity (Wildman–Crippen MR) is 158 cm³/mol. The zero-order valence-corrected chi connectivity index (χ0v) is 26.5. The zero-order valence-electron chi connectivity index (χ0n) is 26.5. The molecule has 42 heavy (non-hydrogen) atoms. The number of methoxy groups -OCH3 is 1. The molecule has 0 aromatic heterocycles. The maximum absolute atomic E-state index is 14.0. The summed E-state index contributed by atoms with van der Waals surface area (Å²) in [6.07, 6.45) is 7.97. The van der Waals surface area contributed by atoms with Gasteiger partial charge in [0, 0.05) is 35.9 Å². The molecule has 0 aliphatic heterocycles. The number of nitrogens with one attached hydrogen (secondary N) is 1. The second kappa shape index (κ2) is 9.68. The quantitative estimate of drug-likeness (QED) is 0.312. The molecule has 0 spiro atoms. The largest absolute Gasteiger partial charge is 0.453 e. The van der Waals surface area contributed by atoms with Crippen LogP contribution in [0.2, 0.25) is 0 Å². The minimum absolute atomic E-state index is 0.114. The summed E-state index contributed by atoms with van der Waals surface area (Å²) in [7, 11) is 1.40. The molecule has 228 valence electrons. The average Bonchev–Trinajstić information content (AvgIpc) is 2.90. The molecule has 1 aromatic carbocycles. The van der Waals surface area contributed by atoms with Crippen molar-refractivity contribution in [2.45, 2.75) is 111 Å². The Morgan fingerprint density at radius 1 is 0.905 bits per heavy atom. The molecule has 8 heteroatoms. The Balaban J connectivity index is 1.63. The molecule has 0 saturated heterocycles. The molecule has 8 nitrogen and oxygen atoms in total. The number of hydrogen-bond donors (Lipinski definition) is 1. The summed E-state index contributed by atoms with van der Waals surface area (Å²) in [6.45, 7) is 15.8. The van der Waals surface area contributed by atoms with E-state index in [-0.39, 0.29) is 39.1 Å². The van der Waals surface area contributed by atoms with E-state index >= 15 is 0 Å². The molecule has 4 aliphatic rings. The Morgan fingerprint density at radius 3 is 2.17 bits per heavy atom. The summed E-state index contributed by atoms with van der Waals surface area (Å²) in [5.74, 6) is -0.587. The van der Waals surface area contributed by atoms with Gasteiger partial charge in [0.1, 0.15) is 0 Å². The number of hydrogen-bond acceptors (Lipinski definition) is 7. The Hall–Kier alpha value is -3.16. The number of rotatable bonds is 3. The molecule has 3 saturated carbocycles. The number of benzene rings is 1. The number of esters is 2. The van der Waals surface area contributed by atoms with Crippen molar-refractivity contribution in [3.63, 3.8) is 0 Å². The molecule has 3 fully saturated rings. The van der Waals surface area contributed by atoms with Crippen LogP contribution in [0, 0.1) is 29.1 Å². The van der Waals surface area contributed by atoms with Crippen LogP contribution in [0.1, 0.15) is 115 Å². The molecule has 0 radical (unpaired) electrons. The first kappa shape index (κ1) is 30.3. The first-order chi connectivity index (χ1) is 19.4. The Kier molecular flexibility index (Phi) is 6.98. The van der Waals surface area contributed by atoms with Crippen LogP contribution >= 0.6 is 0 Å². The summed E-state index contributed by atoms with van der Waals surface area (Å²) in [5.41, 5.74) is 1.89. The summed E-state index contributed by atoms with van der Waals surface area (Å²) < 4.78 is 16.0. The van der Waals surface area contributed by atoms with Gasteiger partial charge in [0.25, 0.3) is 0 Å². The molecule has 1 aromatic rings. The minimum atomic E-state index is -0.551. The van der Waals surface area contributed by atoms with Crippen LogP contribution < -0.4 is 14.8 Å². The van der Waals surface area contributed by atoms with Gasteiger partial charge in [0.15, 0.2) is 17.3 Å². The second-order valence-electron chi connectivity index (χ2n) is 14.5. The zero-order chi connectivity index (χ0) is 31.0. The van der Waals surface area contributed by atoms with Gasteiger partial charge in [0.05, 0.1) is 7.11 Å². The van der Waals surface area contributed by atoms with Crippen LogP contribution in [0.15, 0.2) is 17.7 Å². The lowest BCUT2D eigenvalue weighted by molar-refractivity contribution is -0.150. The fraction of sp³-hybridized carbons (Fsp3) is 0.647. The van der Waals surface area contributed by atoms with Gasteiger partial charge in [-0.3, -0.25) is 14.4 Å². The lowest BCUT2D eigenvalue weighted by atomic mass is 9.35. The van der Waals surface area contributed by atoms with Crippen molar-refractivity contribution in [3.05, 3.63) is 34.4 Å². The number of ketones is 1. The normalized spacial score (nSPS) is 36.7. The number of allylic oxidation sites excluding steroid dienone is 2. The van der Waals surface area contributed by atoms with E-state index in [0.29, 0.717) is 17.0 Å². The van der Waals surface area contributed by atoms with Crippen molar-refractivity contribution in [3.8, 4) is 11.5 Å². The summed E-state index contributed by atoms with van der Waals surface area (Å²) >= 11 is 0. The van der Waals surface area contributed by atoms with Crippen molar-refractivity contribution < 1.29 is 33.4 Å². The first-order valence-corrected chi connectivity index (χ1v) is 15.1. The van der Waals surface area contributed by atoms with Crippen LogP contribution in [0.3, 0.4) is 0 Å². The highest BCUT2D eigenvalue weighted by Gasteiger charge is 2.67. The SMILES string of the molecule is COC(=O)N[C@]1(C)CC[C@]2(C)CC[C@]3(C)C4=CC(=O)c5c(cc(OC(C)=O)c(OC(C)=O)c5C)[C@]4(C)CC[C@@]3(C)[C@@H]2C1. The highest BCUT2D eigenvalue weighted by atomic mass is 16.6. The summed E-state index contributed by atoms with van der Waals surface area (Å²) in [4.78, 5) is 50.3. The average molecular weight is 580 g/mol. The number of alkyl carbamates (subject to hydrolysis) is 1. The van der Waals surface area contributed by atoms with Gasteiger partial charge in [-0.1, -0.05) is 27.7 Å². The molecule has 0 heterocycles. The first-order valence-electron chi connectivity index (χ1n) is 15.1. The number of carbonyl (C=O) groups excluding carboxylic acids is 4. The van der Waals surface area contributed by atoms with E-state index in [0.717, 1.165) is 56.1 Å². The molecule has 0 unspecified atom stereocenters. The van der Waals surface area contributed by atoms with Crippen LogP contribution in [-0.4, -0.2) is 36.5 Å². The smallest absolute Gasteiger partial charge is 0.407 e. The number of ether oxygens (including phenoxy) is 3. The van der Waals surface area contributed by atoms with Gasteiger partial charge < -0.3 is 19.5 Å². The van der Waals surface area contributed by atoms with E-state index < -0.39 is 23.4 Å². The van der Waals surface area contributed by atoms with Gasteiger partial charge in [-0.15, -0.1) is 0 Å².